The number of carbonyl (C=O) groups excluding carboxylic acids is 2. The number of carbonyl (C=O) groups is 2. The van der Waals surface area contributed by atoms with Crippen LogP contribution >= 0.6 is 0 Å². The summed E-state index contributed by atoms with van der Waals surface area (Å²) in [6, 6.07) is -0.450. The van der Waals surface area contributed by atoms with Crippen LogP contribution in [0.25, 0.3) is 0 Å². The highest BCUT2D eigenvalue weighted by molar-refractivity contribution is 5.97. The van der Waals surface area contributed by atoms with Crippen molar-refractivity contribution in [3.05, 3.63) is 0 Å². The number of hydrogen-bond donors (Lipinski definition) is 1. The van der Waals surface area contributed by atoms with Crippen LogP contribution in [0.15, 0.2) is 0 Å². The Bertz CT molecular complexity index is 361. The maximum atomic E-state index is 12.4. The van der Waals surface area contributed by atoms with E-state index in [4.69, 9.17) is 0 Å². The van der Waals surface area contributed by atoms with Crippen molar-refractivity contribution < 1.29 is 9.59 Å². The van der Waals surface area contributed by atoms with Crippen molar-refractivity contribution in [3.8, 4) is 0 Å². The lowest BCUT2D eigenvalue weighted by Gasteiger charge is -2.42. The second-order valence-electron chi connectivity index (χ2n) is 6.04. The summed E-state index contributed by atoms with van der Waals surface area (Å²) in [5.74, 6) is 1.30. The third-order valence-corrected chi connectivity index (χ3v) is 4.66. The standard InChI is InChI=1S/C14H22N2O2/c1-2-11-14(18)16(8-9-4-3-5-9)12(10-6-7-10)13(17)15-11/h9-12H,2-8H2,1H3,(H,15,17). The molecule has 1 saturated heterocycles. The molecule has 3 aliphatic rings. The molecule has 0 aromatic heterocycles. The third-order valence-electron chi connectivity index (χ3n) is 4.66. The molecule has 0 aromatic carbocycles. The van der Waals surface area contributed by atoms with Crippen molar-refractivity contribution in [2.75, 3.05) is 6.54 Å². The molecule has 2 aliphatic carbocycles. The molecule has 3 rings (SSSR count). The second-order valence-corrected chi connectivity index (χ2v) is 6.04. The van der Waals surface area contributed by atoms with Gasteiger partial charge in [-0.2, -0.15) is 0 Å². The summed E-state index contributed by atoms with van der Waals surface area (Å²) in [6.45, 7) is 2.77. The van der Waals surface area contributed by atoms with Crippen LogP contribution in [0.5, 0.6) is 0 Å². The van der Waals surface area contributed by atoms with Crippen LogP contribution in [0.1, 0.15) is 45.4 Å². The monoisotopic (exact) mass is 250 g/mol. The van der Waals surface area contributed by atoms with Crippen LogP contribution in [0.3, 0.4) is 0 Å². The quantitative estimate of drug-likeness (QED) is 0.817. The molecule has 18 heavy (non-hydrogen) atoms. The van der Waals surface area contributed by atoms with Crippen LogP contribution in [-0.4, -0.2) is 35.3 Å². The minimum atomic E-state index is -0.285. The number of hydrogen-bond acceptors (Lipinski definition) is 2. The smallest absolute Gasteiger partial charge is 0.245 e. The van der Waals surface area contributed by atoms with E-state index in [9.17, 15) is 9.59 Å². The Morgan fingerprint density at radius 2 is 1.94 bits per heavy atom. The van der Waals surface area contributed by atoms with E-state index < -0.39 is 0 Å². The topological polar surface area (TPSA) is 49.4 Å². The lowest BCUT2D eigenvalue weighted by Crippen LogP contribution is -2.64. The molecule has 4 heteroatoms. The van der Waals surface area contributed by atoms with Crippen molar-refractivity contribution >= 4 is 11.8 Å². The summed E-state index contributed by atoms with van der Waals surface area (Å²) < 4.78 is 0. The summed E-state index contributed by atoms with van der Waals surface area (Å²) >= 11 is 0. The van der Waals surface area contributed by atoms with Crippen LogP contribution in [0.2, 0.25) is 0 Å². The van der Waals surface area contributed by atoms with E-state index in [-0.39, 0.29) is 23.9 Å². The van der Waals surface area contributed by atoms with E-state index in [2.05, 4.69) is 5.32 Å². The molecule has 100 valence electrons. The molecule has 0 aromatic rings. The second kappa shape index (κ2) is 4.56. The zero-order valence-corrected chi connectivity index (χ0v) is 11.0. The lowest BCUT2D eigenvalue weighted by molar-refractivity contribution is -0.151. The Morgan fingerprint density at radius 1 is 1.22 bits per heavy atom. The van der Waals surface area contributed by atoms with E-state index in [1.54, 1.807) is 0 Å². The maximum Gasteiger partial charge on any atom is 0.245 e. The number of nitrogens with one attached hydrogen (secondary N) is 1. The SMILES string of the molecule is CCC1NC(=O)C(C2CC2)N(CC2CCC2)C1=O. The van der Waals surface area contributed by atoms with Gasteiger partial charge in [-0.05, 0) is 43.9 Å². The van der Waals surface area contributed by atoms with Crippen molar-refractivity contribution in [2.24, 2.45) is 11.8 Å². The molecular weight excluding hydrogens is 228 g/mol. The van der Waals surface area contributed by atoms with Crippen molar-refractivity contribution in [2.45, 2.75) is 57.5 Å². The fourth-order valence-electron chi connectivity index (χ4n) is 3.11. The van der Waals surface area contributed by atoms with Gasteiger partial charge in [0.25, 0.3) is 0 Å². The van der Waals surface area contributed by atoms with Gasteiger partial charge in [0, 0.05) is 6.54 Å². The maximum absolute atomic E-state index is 12.4. The summed E-state index contributed by atoms with van der Waals surface area (Å²) in [5, 5.41) is 2.90. The highest BCUT2D eigenvalue weighted by Crippen LogP contribution is 2.38. The summed E-state index contributed by atoms with van der Waals surface area (Å²) in [4.78, 5) is 26.5. The van der Waals surface area contributed by atoms with E-state index in [0.717, 1.165) is 19.4 Å². The lowest BCUT2D eigenvalue weighted by atomic mass is 9.84. The first-order valence-corrected chi connectivity index (χ1v) is 7.31. The molecule has 2 unspecified atom stereocenters. The Labute approximate surface area is 108 Å². The molecular formula is C14H22N2O2. The van der Waals surface area contributed by atoms with E-state index in [1.807, 2.05) is 11.8 Å². The molecule has 2 saturated carbocycles. The minimum Gasteiger partial charge on any atom is -0.343 e. The molecule has 0 radical (unpaired) electrons. The first kappa shape index (κ1) is 12.0. The molecule has 4 nitrogen and oxygen atoms in total. The predicted molar refractivity (Wildman–Crippen MR) is 67.8 cm³/mol. The van der Waals surface area contributed by atoms with Crippen LogP contribution in [0, 0.1) is 11.8 Å². The highest BCUT2D eigenvalue weighted by Gasteiger charge is 2.47. The van der Waals surface area contributed by atoms with Gasteiger partial charge in [0.15, 0.2) is 0 Å². The normalized spacial score (nSPS) is 33.3. The van der Waals surface area contributed by atoms with Gasteiger partial charge in [0.1, 0.15) is 12.1 Å². The summed E-state index contributed by atoms with van der Waals surface area (Å²) in [5.41, 5.74) is 0. The van der Waals surface area contributed by atoms with Crippen molar-refractivity contribution in [1.29, 1.82) is 0 Å². The molecule has 1 aliphatic heterocycles. The number of amides is 2. The summed E-state index contributed by atoms with van der Waals surface area (Å²) in [7, 11) is 0. The molecule has 0 bridgehead atoms. The summed E-state index contributed by atoms with van der Waals surface area (Å²) in [6.07, 6.45) is 6.62. The number of rotatable bonds is 4. The van der Waals surface area contributed by atoms with Crippen LogP contribution < -0.4 is 5.32 Å². The van der Waals surface area contributed by atoms with Gasteiger partial charge in [0.05, 0.1) is 0 Å². The minimum absolute atomic E-state index is 0.0864. The van der Waals surface area contributed by atoms with Crippen LogP contribution in [0.4, 0.5) is 0 Å². The van der Waals surface area contributed by atoms with Crippen LogP contribution in [-0.2, 0) is 9.59 Å². The molecule has 2 atom stereocenters. The van der Waals surface area contributed by atoms with Gasteiger partial charge in [-0.25, -0.2) is 0 Å². The van der Waals surface area contributed by atoms with E-state index in [1.165, 1.54) is 19.3 Å². The molecule has 1 N–H and O–H groups in total. The highest BCUT2D eigenvalue weighted by atomic mass is 16.2. The zero-order chi connectivity index (χ0) is 12.7. The van der Waals surface area contributed by atoms with Gasteiger partial charge in [-0.3, -0.25) is 9.59 Å². The Balaban J connectivity index is 1.77. The van der Waals surface area contributed by atoms with Gasteiger partial charge < -0.3 is 10.2 Å². The Kier molecular flexibility index (Phi) is 3.04. The molecule has 0 spiro atoms. The number of piperazine rings is 1. The first-order valence-electron chi connectivity index (χ1n) is 7.31. The average Bonchev–Trinajstić information content (AvgIpc) is 3.11. The van der Waals surface area contributed by atoms with Crippen molar-refractivity contribution in [1.82, 2.24) is 10.2 Å². The molecule has 1 heterocycles. The predicted octanol–water partition coefficient (Wildman–Crippen LogP) is 1.30. The Hall–Kier alpha value is -1.06. The van der Waals surface area contributed by atoms with E-state index in [0.29, 0.717) is 18.3 Å². The van der Waals surface area contributed by atoms with Gasteiger partial charge >= 0.3 is 0 Å². The third kappa shape index (κ3) is 2.02. The Morgan fingerprint density at radius 3 is 2.44 bits per heavy atom. The average molecular weight is 250 g/mol. The fraction of sp³-hybridized carbons (Fsp3) is 0.857. The fourth-order valence-corrected chi connectivity index (χ4v) is 3.11. The largest absolute Gasteiger partial charge is 0.343 e. The van der Waals surface area contributed by atoms with Gasteiger partial charge in [-0.1, -0.05) is 13.3 Å². The molecule has 2 amide bonds. The van der Waals surface area contributed by atoms with Gasteiger partial charge in [-0.15, -0.1) is 0 Å². The number of nitrogens with zero attached hydrogens (tertiary/aromatic N) is 1. The van der Waals surface area contributed by atoms with E-state index >= 15 is 0 Å². The van der Waals surface area contributed by atoms with Crippen molar-refractivity contribution in [3.63, 3.8) is 0 Å². The van der Waals surface area contributed by atoms with Gasteiger partial charge in [0.2, 0.25) is 11.8 Å². The first-order chi connectivity index (χ1) is 8.70. The zero-order valence-electron chi connectivity index (χ0n) is 11.0. The molecule has 3 fully saturated rings.